The molecular weight excluding hydrogens is 542 g/mol. The number of morpholine rings is 1. The van der Waals surface area contributed by atoms with Crippen molar-refractivity contribution in [2.24, 2.45) is 0 Å². The highest BCUT2D eigenvalue weighted by Gasteiger charge is 2.26. The number of H-pyrrole nitrogens is 1. The molecule has 1 aromatic carbocycles. The largest absolute Gasteiger partial charge is 0.379 e. The molecule has 0 bridgehead atoms. The molecule has 3 aromatic rings. The van der Waals surface area contributed by atoms with Crippen LogP contribution >= 0.6 is 0 Å². The first kappa shape index (κ1) is 29.2. The number of sulfonamides is 1. The topological polar surface area (TPSA) is 123 Å². The maximum absolute atomic E-state index is 13.6. The van der Waals surface area contributed by atoms with Crippen LogP contribution in [0.25, 0.3) is 10.9 Å². The Kier molecular flexibility index (Phi) is 8.71. The van der Waals surface area contributed by atoms with Crippen molar-refractivity contribution in [3.63, 3.8) is 0 Å². The number of aromatic amines is 1. The van der Waals surface area contributed by atoms with Gasteiger partial charge in [0.15, 0.2) is 5.82 Å². The molecule has 2 fully saturated rings. The highest BCUT2D eigenvalue weighted by Crippen LogP contribution is 2.28. The van der Waals surface area contributed by atoms with Gasteiger partial charge in [-0.2, -0.15) is 0 Å². The number of amides is 1. The number of carbonyl (C=O) groups is 1. The number of piperazine rings is 1. The van der Waals surface area contributed by atoms with Gasteiger partial charge < -0.3 is 24.8 Å². The molecule has 222 valence electrons. The van der Waals surface area contributed by atoms with Gasteiger partial charge in [0.2, 0.25) is 10.0 Å². The Morgan fingerprint density at radius 1 is 1.07 bits per heavy atom. The second-order valence-corrected chi connectivity index (χ2v) is 13.6. The van der Waals surface area contributed by atoms with Gasteiger partial charge >= 0.3 is 0 Å². The molecule has 2 aliphatic rings. The first-order valence-electron chi connectivity index (χ1n) is 14.3. The maximum atomic E-state index is 13.6. The predicted molar refractivity (Wildman–Crippen MR) is 163 cm³/mol. The molecule has 0 spiro atoms. The zero-order chi connectivity index (χ0) is 29.0. The number of fused-ring (bicyclic) bond motifs is 1. The van der Waals surface area contributed by atoms with Crippen LogP contribution in [0.3, 0.4) is 0 Å². The van der Waals surface area contributed by atoms with Gasteiger partial charge in [0.25, 0.3) is 5.91 Å². The molecule has 2 aromatic heterocycles. The van der Waals surface area contributed by atoms with E-state index in [2.05, 4.69) is 50.6 Å². The lowest BCUT2D eigenvalue weighted by Gasteiger charge is -2.37. The average Bonchev–Trinajstić information content (AvgIpc) is 3.36. The third kappa shape index (κ3) is 7.49. The van der Waals surface area contributed by atoms with Crippen molar-refractivity contribution in [3.8, 4) is 0 Å². The number of anilines is 3. The van der Waals surface area contributed by atoms with Gasteiger partial charge in [0.05, 0.1) is 30.2 Å². The fourth-order valence-corrected chi connectivity index (χ4v) is 6.43. The van der Waals surface area contributed by atoms with Gasteiger partial charge in [-0.3, -0.25) is 14.4 Å². The summed E-state index contributed by atoms with van der Waals surface area (Å²) in [7, 11) is -3.52. The van der Waals surface area contributed by atoms with E-state index in [0.717, 1.165) is 36.7 Å². The van der Waals surface area contributed by atoms with Gasteiger partial charge in [-0.25, -0.2) is 13.4 Å². The lowest BCUT2D eigenvalue weighted by molar-refractivity contribution is 0.0381. The summed E-state index contributed by atoms with van der Waals surface area (Å²) in [6.45, 7) is 12.6. The molecule has 0 saturated carbocycles. The van der Waals surface area contributed by atoms with E-state index >= 15 is 0 Å². The van der Waals surface area contributed by atoms with Gasteiger partial charge in [-0.15, -0.1) is 0 Å². The van der Waals surface area contributed by atoms with Crippen LogP contribution in [0.15, 0.2) is 42.7 Å². The Hall–Kier alpha value is -3.35. The molecule has 11 nitrogen and oxygen atoms in total. The van der Waals surface area contributed by atoms with E-state index in [1.807, 2.05) is 17.0 Å². The van der Waals surface area contributed by atoms with Gasteiger partial charge in [0.1, 0.15) is 0 Å². The highest BCUT2D eigenvalue weighted by molar-refractivity contribution is 7.92. The summed E-state index contributed by atoms with van der Waals surface area (Å²) >= 11 is 0. The average molecular weight is 584 g/mol. The van der Waals surface area contributed by atoms with Crippen LogP contribution in [-0.2, 0) is 14.8 Å². The molecule has 12 heteroatoms. The van der Waals surface area contributed by atoms with Crippen LogP contribution in [0.4, 0.5) is 17.2 Å². The molecule has 4 heterocycles. The van der Waals surface area contributed by atoms with E-state index in [4.69, 9.17) is 4.74 Å². The minimum Gasteiger partial charge on any atom is -0.379 e. The Balaban J connectivity index is 1.21. The first-order chi connectivity index (χ1) is 19.6. The van der Waals surface area contributed by atoms with Crippen molar-refractivity contribution in [1.82, 2.24) is 19.8 Å². The molecular formula is C29H41N7O4S. The molecule has 2 saturated heterocycles. The summed E-state index contributed by atoms with van der Waals surface area (Å²) in [6.07, 6.45) is 4.05. The van der Waals surface area contributed by atoms with Gasteiger partial charge in [-0.1, -0.05) is 0 Å². The van der Waals surface area contributed by atoms with Crippen molar-refractivity contribution in [2.75, 3.05) is 79.7 Å². The second-order valence-electron chi connectivity index (χ2n) is 11.7. The normalized spacial score (nSPS) is 17.1. The number of carbonyl (C=O) groups excluding carboxylic acids is 1. The van der Waals surface area contributed by atoms with Gasteiger partial charge in [-0.05, 0) is 64.1 Å². The summed E-state index contributed by atoms with van der Waals surface area (Å²) in [5.74, 6) is 0.855. The molecule has 2 aliphatic heterocycles. The highest BCUT2D eigenvalue weighted by atomic mass is 32.2. The maximum Gasteiger partial charge on any atom is 0.256 e. The summed E-state index contributed by atoms with van der Waals surface area (Å²) < 4.78 is 33.6. The van der Waals surface area contributed by atoms with E-state index in [1.165, 1.54) is 0 Å². The monoisotopic (exact) mass is 583 g/mol. The number of benzene rings is 1. The fraction of sp³-hybridized carbons (Fsp3) is 0.517. The van der Waals surface area contributed by atoms with Crippen LogP contribution in [0.5, 0.6) is 0 Å². The zero-order valence-corrected chi connectivity index (χ0v) is 25.0. The molecule has 41 heavy (non-hydrogen) atoms. The Labute approximate surface area is 242 Å². The third-order valence-corrected chi connectivity index (χ3v) is 8.71. The Bertz CT molecular complexity index is 1450. The zero-order valence-electron chi connectivity index (χ0n) is 24.1. The van der Waals surface area contributed by atoms with E-state index in [0.29, 0.717) is 62.5 Å². The number of rotatable bonds is 9. The first-order valence-corrected chi connectivity index (χ1v) is 15.9. The summed E-state index contributed by atoms with van der Waals surface area (Å²) in [5.41, 5.74) is 2.66. The summed E-state index contributed by atoms with van der Waals surface area (Å²) in [4.78, 5) is 27.6. The SMILES string of the molecule is CC(C)(C)Nc1cccnc1N1CCN(C(=O)c2c[nH]c3ccc(NS(=O)(=O)CCCN4CCOCC4)cc23)CC1. The van der Waals surface area contributed by atoms with Crippen LogP contribution in [0.1, 0.15) is 37.6 Å². The Morgan fingerprint density at radius 3 is 2.56 bits per heavy atom. The van der Waals surface area contributed by atoms with Crippen LogP contribution in [0.2, 0.25) is 0 Å². The minimum atomic E-state index is -3.52. The van der Waals surface area contributed by atoms with Crippen LogP contribution in [-0.4, -0.2) is 104 Å². The molecule has 1 amide bonds. The smallest absolute Gasteiger partial charge is 0.256 e. The number of hydrogen-bond donors (Lipinski definition) is 3. The standard InChI is InChI=1S/C29H41N7O4S/c1-29(2,3)32-26-6-4-9-30-27(26)35-11-13-36(14-12-35)28(37)24-21-31-25-8-7-22(20-23(24)25)33-41(38,39)19-5-10-34-15-17-40-18-16-34/h4,6-9,20-21,31-33H,5,10-19H2,1-3H3. The lowest BCUT2D eigenvalue weighted by atomic mass is 10.1. The number of ether oxygens (including phenoxy) is 1. The number of nitrogens with one attached hydrogen (secondary N) is 3. The van der Waals surface area contributed by atoms with E-state index in [1.54, 1.807) is 30.6 Å². The van der Waals surface area contributed by atoms with E-state index in [-0.39, 0.29) is 17.2 Å². The number of nitrogens with zero attached hydrogens (tertiary/aromatic N) is 4. The lowest BCUT2D eigenvalue weighted by Crippen LogP contribution is -2.49. The second kappa shape index (κ2) is 12.3. The van der Waals surface area contributed by atoms with Crippen LogP contribution in [0, 0.1) is 0 Å². The van der Waals surface area contributed by atoms with Crippen molar-refractivity contribution in [3.05, 3.63) is 48.3 Å². The van der Waals surface area contributed by atoms with Crippen LogP contribution < -0.4 is 14.9 Å². The molecule has 0 atom stereocenters. The quantitative estimate of drug-likeness (QED) is 0.351. The molecule has 3 N–H and O–H groups in total. The fourth-order valence-electron chi connectivity index (χ4n) is 5.34. The number of hydrogen-bond acceptors (Lipinski definition) is 8. The van der Waals surface area contributed by atoms with E-state index in [9.17, 15) is 13.2 Å². The van der Waals surface area contributed by atoms with E-state index < -0.39 is 10.0 Å². The number of aromatic nitrogens is 2. The molecule has 0 radical (unpaired) electrons. The Morgan fingerprint density at radius 2 is 1.83 bits per heavy atom. The molecule has 0 unspecified atom stereocenters. The van der Waals surface area contributed by atoms with Gasteiger partial charge in [0, 0.05) is 73.8 Å². The summed E-state index contributed by atoms with van der Waals surface area (Å²) in [5, 5.41) is 4.23. The third-order valence-electron chi connectivity index (χ3n) is 7.34. The predicted octanol–water partition coefficient (Wildman–Crippen LogP) is 3.20. The van der Waals surface area contributed by atoms with Crippen molar-refractivity contribution in [1.29, 1.82) is 0 Å². The van der Waals surface area contributed by atoms with Crippen molar-refractivity contribution in [2.45, 2.75) is 32.7 Å². The van der Waals surface area contributed by atoms with Crippen molar-refractivity contribution < 1.29 is 17.9 Å². The minimum absolute atomic E-state index is 0.0366. The molecule has 5 rings (SSSR count). The van der Waals surface area contributed by atoms with Crippen molar-refractivity contribution >= 4 is 44.0 Å². The summed E-state index contributed by atoms with van der Waals surface area (Å²) in [6, 6.07) is 9.23. The number of pyridine rings is 1. The molecule has 0 aliphatic carbocycles.